The maximum Gasteiger partial charge on any atom is 0.160 e. The van der Waals surface area contributed by atoms with Crippen LogP contribution in [-0.2, 0) is 0 Å². The molecular weight excluding hydrogens is 627 g/mol. The SMILES string of the molecule is c1ccc(-c2nc(-c3cccc(-n4c5ccccc5c5c6c(ccc54)sc4c5ccccc5c5ccccc5c46)c3)nc3ccccc23)cc1. The van der Waals surface area contributed by atoms with Crippen LogP contribution in [0.3, 0.4) is 0 Å². The van der Waals surface area contributed by atoms with Gasteiger partial charge in [-0.3, -0.25) is 0 Å². The average Bonchev–Trinajstić information content (AvgIpc) is 3.75. The van der Waals surface area contributed by atoms with E-state index in [-0.39, 0.29) is 0 Å². The van der Waals surface area contributed by atoms with E-state index in [1.165, 1.54) is 63.5 Å². The second kappa shape index (κ2) is 10.6. The van der Waals surface area contributed by atoms with E-state index < -0.39 is 0 Å². The van der Waals surface area contributed by atoms with Crippen LogP contribution in [0.4, 0.5) is 0 Å². The van der Waals surface area contributed by atoms with Gasteiger partial charge in [0, 0.05) is 58.5 Å². The molecule has 4 heteroatoms. The normalized spacial score (nSPS) is 12.0. The number of nitrogens with zero attached hydrogens (tertiary/aromatic N) is 3. The second-order valence-electron chi connectivity index (χ2n) is 12.9. The van der Waals surface area contributed by atoms with Crippen molar-refractivity contribution in [2.75, 3.05) is 0 Å². The molecule has 0 N–H and O–H groups in total. The monoisotopic (exact) mass is 653 g/mol. The Balaban J connectivity index is 1.20. The van der Waals surface area contributed by atoms with E-state index in [4.69, 9.17) is 9.97 Å². The van der Waals surface area contributed by atoms with E-state index in [0.717, 1.165) is 39.2 Å². The number of benzene rings is 8. The molecule has 0 amide bonds. The smallest absolute Gasteiger partial charge is 0.160 e. The Morgan fingerprint density at radius 3 is 1.92 bits per heavy atom. The summed E-state index contributed by atoms with van der Waals surface area (Å²) in [6.07, 6.45) is 0. The third-order valence-corrected chi connectivity index (χ3v) is 11.3. The Morgan fingerprint density at radius 2 is 1.08 bits per heavy atom. The summed E-state index contributed by atoms with van der Waals surface area (Å²) in [4.78, 5) is 10.3. The Morgan fingerprint density at radius 1 is 0.420 bits per heavy atom. The zero-order chi connectivity index (χ0) is 32.8. The van der Waals surface area contributed by atoms with Gasteiger partial charge in [0.1, 0.15) is 0 Å². The molecule has 11 rings (SSSR count). The predicted octanol–water partition coefficient (Wildman–Crippen LogP) is 12.7. The summed E-state index contributed by atoms with van der Waals surface area (Å²) < 4.78 is 5.08. The summed E-state index contributed by atoms with van der Waals surface area (Å²) in [6.45, 7) is 0. The van der Waals surface area contributed by atoms with Crippen molar-refractivity contribution in [3.63, 3.8) is 0 Å². The highest BCUT2D eigenvalue weighted by Gasteiger charge is 2.21. The van der Waals surface area contributed by atoms with Crippen molar-refractivity contribution >= 4 is 85.8 Å². The standard InChI is InChI=1S/C46H27N3S/c1-2-13-28(14-3-1)44-35-21-8-10-23-37(35)47-46(48-44)29-15-12-16-30(27-29)49-38-24-11-9-22-36(38)41-39(49)25-26-40-43(41)42-33-19-6-4-17-31(33)32-18-5-7-20-34(32)45(42)50-40/h1-27H. The van der Waals surface area contributed by atoms with Crippen molar-refractivity contribution in [3.8, 4) is 28.3 Å². The quantitative estimate of drug-likeness (QED) is 0.178. The first kappa shape index (κ1) is 27.6. The van der Waals surface area contributed by atoms with E-state index in [2.05, 4.69) is 156 Å². The van der Waals surface area contributed by atoms with Gasteiger partial charge in [-0.2, -0.15) is 0 Å². The summed E-state index contributed by atoms with van der Waals surface area (Å²) in [5, 5.41) is 11.5. The lowest BCUT2D eigenvalue weighted by atomic mass is 9.96. The first-order chi connectivity index (χ1) is 24.8. The number of para-hydroxylation sites is 2. The van der Waals surface area contributed by atoms with Gasteiger partial charge in [-0.05, 0) is 52.6 Å². The Hall–Kier alpha value is -6.36. The van der Waals surface area contributed by atoms with Gasteiger partial charge in [0.2, 0.25) is 0 Å². The van der Waals surface area contributed by atoms with Crippen LogP contribution in [0.25, 0.3) is 103 Å². The van der Waals surface area contributed by atoms with Gasteiger partial charge in [0.25, 0.3) is 0 Å². The van der Waals surface area contributed by atoms with Crippen LogP contribution in [0.2, 0.25) is 0 Å². The fourth-order valence-electron chi connectivity index (χ4n) is 8.03. The zero-order valence-corrected chi connectivity index (χ0v) is 27.7. The third kappa shape index (κ3) is 3.91. The van der Waals surface area contributed by atoms with Crippen LogP contribution in [0.1, 0.15) is 0 Å². The number of aromatic nitrogens is 3. The fourth-order valence-corrected chi connectivity index (χ4v) is 9.30. The number of hydrogen-bond donors (Lipinski definition) is 0. The van der Waals surface area contributed by atoms with Crippen LogP contribution >= 0.6 is 11.3 Å². The lowest BCUT2D eigenvalue weighted by Gasteiger charge is -2.12. The van der Waals surface area contributed by atoms with E-state index in [1.54, 1.807) is 0 Å². The first-order valence-corrected chi connectivity index (χ1v) is 17.7. The number of fused-ring (bicyclic) bond motifs is 13. The lowest BCUT2D eigenvalue weighted by Crippen LogP contribution is -1.97. The summed E-state index contributed by atoms with van der Waals surface area (Å²) in [5.74, 6) is 0.717. The molecule has 50 heavy (non-hydrogen) atoms. The molecule has 11 aromatic rings. The predicted molar refractivity (Wildman–Crippen MR) is 213 cm³/mol. The van der Waals surface area contributed by atoms with Crippen molar-refractivity contribution in [2.24, 2.45) is 0 Å². The van der Waals surface area contributed by atoms with Crippen molar-refractivity contribution < 1.29 is 0 Å². The maximum atomic E-state index is 5.19. The molecule has 0 unspecified atom stereocenters. The van der Waals surface area contributed by atoms with Crippen molar-refractivity contribution in [1.29, 1.82) is 0 Å². The lowest BCUT2D eigenvalue weighted by molar-refractivity contribution is 1.17. The van der Waals surface area contributed by atoms with Crippen LogP contribution in [0.5, 0.6) is 0 Å². The molecule has 0 radical (unpaired) electrons. The minimum absolute atomic E-state index is 0.717. The van der Waals surface area contributed by atoms with Crippen LogP contribution in [0, 0.1) is 0 Å². The van der Waals surface area contributed by atoms with Crippen molar-refractivity contribution in [2.45, 2.75) is 0 Å². The summed E-state index contributed by atoms with van der Waals surface area (Å²) in [6, 6.07) is 58.6. The topological polar surface area (TPSA) is 30.7 Å². The molecule has 3 aromatic heterocycles. The maximum absolute atomic E-state index is 5.19. The average molecular weight is 654 g/mol. The molecule has 0 saturated carbocycles. The molecular formula is C46H27N3S. The molecule has 0 aliphatic heterocycles. The number of rotatable bonds is 3. The van der Waals surface area contributed by atoms with Gasteiger partial charge in [-0.15, -0.1) is 11.3 Å². The Labute approximate surface area is 291 Å². The molecule has 0 aliphatic carbocycles. The van der Waals surface area contributed by atoms with Gasteiger partial charge >= 0.3 is 0 Å². The largest absolute Gasteiger partial charge is 0.309 e. The van der Waals surface area contributed by atoms with E-state index in [9.17, 15) is 0 Å². The van der Waals surface area contributed by atoms with Crippen molar-refractivity contribution in [1.82, 2.24) is 14.5 Å². The molecule has 0 atom stereocenters. The molecule has 3 heterocycles. The summed E-state index contributed by atoms with van der Waals surface area (Å²) >= 11 is 1.91. The highest BCUT2D eigenvalue weighted by Crippen LogP contribution is 2.48. The second-order valence-corrected chi connectivity index (χ2v) is 14.0. The number of hydrogen-bond acceptors (Lipinski definition) is 3. The van der Waals surface area contributed by atoms with Gasteiger partial charge in [0.05, 0.1) is 22.2 Å². The third-order valence-electron chi connectivity index (χ3n) is 10.2. The molecule has 232 valence electrons. The van der Waals surface area contributed by atoms with Gasteiger partial charge in [-0.1, -0.05) is 127 Å². The molecule has 0 fully saturated rings. The van der Waals surface area contributed by atoms with Crippen LogP contribution < -0.4 is 0 Å². The minimum atomic E-state index is 0.717. The molecule has 3 nitrogen and oxygen atoms in total. The van der Waals surface area contributed by atoms with Crippen LogP contribution in [0.15, 0.2) is 164 Å². The summed E-state index contributed by atoms with van der Waals surface area (Å²) in [7, 11) is 0. The molecule has 8 aromatic carbocycles. The van der Waals surface area contributed by atoms with Crippen LogP contribution in [-0.4, -0.2) is 14.5 Å². The zero-order valence-electron chi connectivity index (χ0n) is 26.8. The van der Waals surface area contributed by atoms with Gasteiger partial charge in [-0.25, -0.2) is 9.97 Å². The first-order valence-electron chi connectivity index (χ1n) is 16.9. The van der Waals surface area contributed by atoms with Gasteiger partial charge < -0.3 is 4.57 Å². The number of thiophene rings is 1. The summed E-state index contributed by atoms with van der Waals surface area (Å²) in [5.41, 5.74) is 7.40. The highest BCUT2D eigenvalue weighted by atomic mass is 32.1. The van der Waals surface area contributed by atoms with Gasteiger partial charge in [0.15, 0.2) is 5.82 Å². The molecule has 0 aliphatic rings. The Kier molecular flexibility index (Phi) is 5.83. The van der Waals surface area contributed by atoms with Crippen molar-refractivity contribution in [3.05, 3.63) is 164 Å². The Bertz CT molecular complexity index is 3150. The minimum Gasteiger partial charge on any atom is -0.309 e. The van der Waals surface area contributed by atoms with E-state index in [1.807, 2.05) is 23.5 Å². The molecule has 0 bridgehead atoms. The molecule has 0 spiro atoms. The fraction of sp³-hybridized carbons (Fsp3) is 0. The van der Waals surface area contributed by atoms with E-state index >= 15 is 0 Å². The highest BCUT2D eigenvalue weighted by molar-refractivity contribution is 7.27. The van der Waals surface area contributed by atoms with E-state index in [0.29, 0.717) is 0 Å². The molecule has 0 saturated heterocycles.